The average molecular weight is 305 g/mol. The summed E-state index contributed by atoms with van der Waals surface area (Å²) >= 11 is 0. The molecule has 22 heavy (non-hydrogen) atoms. The summed E-state index contributed by atoms with van der Waals surface area (Å²) in [6.45, 7) is 9.05. The molecule has 0 N–H and O–H groups in total. The normalized spacial score (nSPS) is 15.7. The van der Waals surface area contributed by atoms with Crippen molar-refractivity contribution < 1.29 is 14.3 Å². The Hall–Kier alpha value is -1.39. The van der Waals surface area contributed by atoms with Gasteiger partial charge in [-0.25, -0.2) is 0 Å². The van der Waals surface area contributed by atoms with Crippen LogP contribution in [0.15, 0.2) is 12.1 Å². The summed E-state index contributed by atoms with van der Waals surface area (Å²) < 4.78 is 11.4. The Morgan fingerprint density at radius 1 is 1.05 bits per heavy atom. The number of anilines is 1. The van der Waals surface area contributed by atoms with E-state index in [2.05, 4.69) is 26.0 Å². The molecule has 0 aromatic heterocycles. The maximum Gasteiger partial charge on any atom is 0.247 e. The second-order valence-corrected chi connectivity index (χ2v) is 5.75. The first-order valence-corrected chi connectivity index (χ1v) is 8.23. The van der Waals surface area contributed by atoms with Gasteiger partial charge in [0, 0.05) is 19.6 Å². The lowest BCUT2D eigenvalue weighted by Crippen LogP contribution is -2.45. The number of aryl methyl sites for hydroxylation is 3. The molecule has 2 rings (SSSR count). The third kappa shape index (κ3) is 3.68. The predicted molar refractivity (Wildman–Crippen MR) is 88.0 cm³/mol. The standard InChI is InChI=1S/C18H27NO3/c1-5-21-18(22-6-2)19-16-12-14(4)13(3)11-15(16)9-7-8-10-17(19)20/h11-12,18H,5-10H2,1-4H3. The zero-order valence-electron chi connectivity index (χ0n) is 14.1. The number of hydrogen-bond acceptors (Lipinski definition) is 3. The molecule has 1 aromatic rings. The van der Waals surface area contributed by atoms with E-state index in [-0.39, 0.29) is 5.91 Å². The molecule has 0 radical (unpaired) electrons. The average Bonchev–Trinajstić information content (AvgIpc) is 2.47. The third-order valence-corrected chi connectivity index (χ3v) is 4.14. The van der Waals surface area contributed by atoms with E-state index in [1.54, 1.807) is 4.90 Å². The maximum atomic E-state index is 12.7. The Balaban J connectivity index is 2.49. The molecule has 1 aromatic carbocycles. The van der Waals surface area contributed by atoms with Crippen LogP contribution < -0.4 is 4.90 Å². The Labute approximate surface area is 133 Å². The molecule has 0 unspecified atom stereocenters. The largest absolute Gasteiger partial charge is 0.335 e. The van der Waals surface area contributed by atoms with Gasteiger partial charge in [0.1, 0.15) is 0 Å². The molecule has 0 aliphatic carbocycles. The summed E-state index contributed by atoms with van der Waals surface area (Å²) in [6.07, 6.45) is 2.85. The monoisotopic (exact) mass is 305 g/mol. The van der Waals surface area contributed by atoms with E-state index >= 15 is 0 Å². The number of carbonyl (C=O) groups excluding carboxylic acids is 1. The summed E-state index contributed by atoms with van der Waals surface area (Å²) in [5.74, 6) is 0.0797. The van der Waals surface area contributed by atoms with Crippen molar-refractivity contribution in [2.45, 2.75) is 59.8 Å². The summed E-state index contributed by atoms with van der Waals surface area (Å²) in [6, 6.07) is 4.30. The highest BCUT2D eigenvalue weighted by molar-refractivity contribution is 5.94. The topological polar surface area (TPSA) is 38.8 Å². The second kappa shape index (κ2) is 7.75. The van der Waals surface area contributed by atoms with Crippen LogP contribution in [0.5, 0.6) is 0 Å². The summed E-state index contributed by atoms with van der Waals surface area (Å²) in [7, 11) is 0. The minimum Gasteiger partial charge on any atom is -0.335 e. The minimum atomic E-state index is -0.638. The Bertz CT molecular complexity index is 521. The number of nitrogens with zero attached hydrogens (tertiary/aromatic N) is 1. The molecule has 4 heteroatoms. The molecule has 1 aliphatic heterocycles. The number of ether oxygens (including phenoxy) is 2. The number of fused-ring (bicyclic) bond motifs is 1. The summed E-state index contributed by atoms with van der Waals surface area (Å²) in [5.41, 5.74) is 4.60. The van der Waals surface area contributed by atoms with Crippen molar-refractivity contribution in [1.29, 1.82) is 0 Å². The van der Waals surface area contributed by atoms with E-state index in [1.165, 1.54) is 16.7 Å². The first-order valence-electron chi connectivity index (χ1n) is 8.23. The Morgan fingerprint density at radius 3 is 2.27 bits per heavy atom. The van der Waals surface area contributed by atoms with Gasteiger partial charge in [-0.2, -0.15) is 0 Å². The van der Waals surface area contributed by atoms with Gasteiger partial charge in [-0.15, -0.1) is 0 Å². The van der Waals surface area contributed by atoms with Gasteiger partial charge in [0.25, 0.3) is 0 Å². The zero-order chi connectivity index (χ0) is 16.1. The van der Waals surface area contributed by atoms with Crippen molar-refractivity contribution in [2.75, 3.05) is 18.1 Å². The van der Waals surface area contributed by atoms with Gasteiger partial charge < -0.3 is 9.47 Å². The lowest BCUT2D eigenvalue weighted by molar-refractivity contribution is -0.150. The molecule has 0 spiro atoms. The van der Waals surface area contributed by atoms with Crippen LogP contribution in [0, 0.1) is 13.8 Å². The Kier molecular flexibility index (Phi) is 5.98. The molecule has 0 saturated heterocycles. The predicted octanol–water partition coefficient (Wildman–Crippen LogP) is 3.72. The van der Waals surface area contributed by atoms with Crippen molar-refractivity contribution in [3.63, 3.8) is 0 Å². The smallest absolute Gasteiger partial charge is 0.247 e. The number of amides is 1. The van der Waals surface area contributed by atoms with Crippen LogP contribution in [0.4, 0.5) is 5.69 Å². The van der Waals surface area contributed by atoms with Crippen LogP contribution in [0.3, 0.4) is 0 Å². The molecule has 0 atom stereocenters. The van der Waals surface area contributed by atoms with E-state index in [1.807, 2.05) is 13.8 Å². The second-order valence-electron chi connectivity index (χ2n) is 5.75. The molecule has 0 fully saturated rings. The van der Waals surface area contributed by atoms with Gasteiger partial charge in [-0.05, 0) is 69.7 Å². The van der Waals surface area contributed by atoms with Crippen LogP contribution in [0.25, 0.3) is 0 Å². The minimum absolute atomic E-state index is 0.0797. The molecular weight excluding hydrogens is 278 g/mol. The van der Waals surface area contributed by atoms with E-state index in [0.29, 0.717) is 19.6 Å². The highest BCUT2D eigenvalue weighted by atomic mass is 16.7. The zero-order valence-corrected chi connectivity index (χ0v) is 14.1. The van der Waals surface area contributed by atoms with Crippen molar-refractivity contribution in [3.8, 4) is 0 Å². The quantitative estimate of drug-likeness (QED) is 0.778. The SMILES string of the molecule is CCOC(OCC)N1C(=O)CCCCc2cc(C)c(C)cc21. The van der Waals surface area contributed by atoms with Gasteiger partial charge in [0.15, 0.2) is 0 Å². The highest BCUT2D eigenvalue weighted by Gasteiger charge is 2.29. The van der Waals surface area contributed by atoms with Crippen LogP contribution in [-0.2, 0) is 20.7 Å². The van der Waals surface area contributed by atoms with E-state index < -0.39 is 6.41 Å². The first-order chi connectivity index (χ1) is 10.6. The number of rotatable bonds is 5. The first kappa shape index (κ1) is 17.0. The van der Waals surface area contributed by atoms with E-state index in [4.69, 9.17) is 9.47 Å². The fourth-order valence-corrected chi connectivity index (χ4v) is 2.85. The molecule has 122 valence electrons. The van der Waals surface area contributed by atoms with E-state index in [9.17, 15) is 4.79 Å². The number of hydrogen-bond donors (Lipinski definition) is 0. The number of carbonyl (C=O) groups is 1. The molecular formula is C18H27NO3. The van der Waals surface area contributed by atoms with Gasteiger partial charge >= 0.3 is 0 Å². The summed E-state index contributed by atoms with van der Waals surface area (Å²) in [5, 5.41) is 0. The van der Waals surface area contributed by atoms with Crippen LogP contribution in [0.1, 0.15) is 49.8 Å². The molecule has 0 saturated carbocycles. The van der Waals surface area contributed by atoms with E-state index in [0.717, 1.165) is 24.9 Å². The molecule has 1 heterocycles. The fourth-order valence-electron chi connectivity index (χ4n) is 2.85. The maximum absolute atomic E-state index is 12.7. The van der Waals surface area contributed by atoms with Gasteiger partial charge in [0.2, 0.25) is 12.3 Å². The van der Waals surface area contributed by atoms with Crippen LogP contribution in [-0.4, -0.2) is 25.5 Å². The number of benzene rings is 1. The molecule has 1 aliphatic rings. The van der Waals surface area contributed by atoms with Crippen molar-refractivity contribution >= 4 is 11.6 Å². The van der Waals surface area contributed by atoms with Crippen LogP contribution in [0.2, 0.25) is 0 Å². The van der Waals surface area contributed by atoms with Crippen molar-refractivity contribution in [3.05, 3.63) is 28.8 Å². The molecule has 0 bridgehead atoms. The Morgan fingerprint density at radius 2 is 1.64 bits per heavy atom. The lowest BCUT2D eigenvalue weighted by atomic mass is 9.96. The van der Waals surface area contributed by atoms with Crippen molar-refractivity contribution in [2.24, 2.45) is 0 Å². The third-order valence-electron chi connectivity index (χ3n) is 4.14. The van der Waals surface area contributed by atoms with Gasteiger partial charge in [0.05, 0.1) is 5.69 Å². The lowest BCUT2D eigenvalue weighted by Gasteiger charge is -2.34. The summed E-state index contributed by atoms with van der Waals surface area (Å²) in [4.78, 5) is 14.4. The molecule has 4 nitrogen and oxygen atoms in total. The van der Waals surface area contributed by atoms with Crippen LogP contribution >= 0.6 is 0 Å². The van der Waals surface area contributed by atoms with Gasteiger partial charge in [-0.3, -0.25) is 9.69 Å². The highest BCUT2D eigenvalue weighted by Crippen LogP contribution is 2.31. The fraction of sp³-hybridized carbons (Fsp3) is 0.611. The molecule has 1 amide bonds. The van der Waals surface area contributed by atoms with Crippen molar-refractivity contribution in [1.82, 2.24) is 0 Å². The van der Waals surface area contributed by atoms with Gasteiger partial charge in [-0.1, -0.05) is 6.07 Å².